The molecule has 0 heterocycles. The van der Waals surface area contributed by atoms with Crippen molar-refractivity contribution in [2.75, 3.05) is 36.4 Å². The van der Waals surface area contributed by atoms with E-state index in [9.17, 15) is 9.59 Å². The van der Waals surface area contributed by atoms with Gasteiger partial charge in [-0.2, -0.15) is 0 Å². The average molecular weight is 374 g/mol. The third kappa shape index (κ3) is 6.33. The first-order valence-electron chi connectivity index (χ1n) is 7.97. The maximum absolute atomic E-state index is 12.1. The molecule has 0 aliphatic rings. The zero-order chi connectivity index (χ0) is 18.9. The first-order chi connectivity index (χ1) is 12.5. The third-order valence-corrected chi connectivity index (χ3v) is 4.34. The summed E-state index contributed by atoms with van der Waals surface area (Å²) in [5.41, 5.74) is 2.41. The van der Waals surface area contributed by atoms with Crippen molar-refractivity contribution < 1.29 is 19.1 Å². The standard InChI is InChI=1S/C19H22N2O4S/c1-13-5-4-6-14(7-13)20-18(22)11-26-12-19(23)21-15-8-16(24-2)10-17(9-15)25-3/h4-10H,11-12H2,1-3H3,(H,20,22)(H,21,23). The number of amides is 2. The van der Waals surface area contributed by atoms with Crippen LogP contribution in [0.15, 0.2) is 42.5 Å². The number of carbonyl (C=O) groups is 2. The van der Waals surface area contributed by atoms with Crippen LogP contribution in [0.3, 0.4) is 0 Å². The first-order valence-corrected chi connectivity index (χ1v) is 9.13. The van der Waals surface area contributed by atoms with Gasteiger partial charge in [0.15, 0.2) is 0 Å². The van der Waals surface area contributed by atoms with Crippen LogP contribution in [0.2, 0.25) is 0 Å². The fourth-order valence-electron chi connectivity index (χ4n) is 2.23. The van der Waals surface area contributed by atoms with Crippen LogP contribution in [0.5, 0.6) is 11.5 Å². The van der Waals surface area contributed by atoms with Gasteiger partial charge in [-0.05, 0) is 24.6 Å². The lowest BCUT2D eigenvalue weighted by Gasteiger charge is -2.10. The Hall–Kier alpha value is -2.67. The number of ether oxygens (including phenoxy) is 2. The number of thioether (sulfide) groups is 1. The Kier molecular flexibility index (Phi) is 7.35. The van der Waals surface area contributed by atoms with Gasteiger partial charge in [0.1, 0.15) is 11.5 Å². The molecule has 0 radical (unpaired) electrons. The summed E-state index contributed by atoms with van der Waals surface area (Å²) in [5, 5.41) is 5.58. The van der Waals surface area contributed by atoms with Crippen LogP contribution < -0.4 is 20.1 Å². The van der Waals surface area contributed by atoms with E-state index in [1.807, 2.05) is 31.2 Å². The molecule has 2 N–H and O–H groups in total. The molecular formula is C19H22N2O4S. The number of hydrogen-bond acceptors (Lipinski definition) is 5. The van der Waals surface area contributed by atoms with E-state index in [2.05, 4.69) is 10.6 Å². The van der Waals surface area contributed by atoms with Crippen molar-refractivity contribution in [3.8, 4) is 11.5 Å². The molecule has 2 aromatic rings. The van der Waals surface area contributed by atoms with Crippen LogP contribution in [0.25, 0.3) is 0 Å². The zero-order valence-electron chi connectivity index (χ0n) is 15.0. The fraction of sp³-hybridized carbons (Fsp3) is 0.263. The maximum Gasteiger partial charge on any atom is 0.234 e. The van der Waals surface area contributed by atoms with Gasteiger partial charge in [0.2, 0.25) is 11.8 Å². The molecule has 6 nitrogen and oxygen atoms in total. The normalized spacial score (nSPS) is 10.1. The van der Waals surface area contributed by atoms with E-state index in [-0.39, 0.29) is 23.3 Å². The Morgan fingerprint density at radius 3 is 2.00 bits per heavy atom. The fourth-order valence-corrected chi connectivity index (χ4v) is 2.85. The van der Waals surface area contributed by atoms with E-state index >= 15 is 0 Å². The highest BCUT2D eigenvalue weighted by molar-refractivity contribution is 8.00. The molecule has 0 aliphatic heterocycles. The summed E-state index contributed by atoms with van der Waals surface area (Å²) in [6.07, 6.45) is 0. The molecule has 0 spiro atoms. The summed E-state index contributed by atoms with van der Waals surface area (Å²) in [6.45, 7) is 1.96. The van der Waals surface area contributed by atoms with Crippen LogP contribution >= 0.6 is 11.8 Å². The van der Waals surface area contributed by atoms with Crippen molar-refractivity contribution in [2.45, 2.75) is 6.92 Å². The third-order valence-electron chi connectivity index (χ3n) is 3.40. The van der Waals surface area contributed by atoms with E-state index in [1.165, 1.54) is 11.8 Å². The number of carbonyl (C=O) groups excluding carboxylic acids is 2. The molecule has 26 heavy (non-hydrogen) atoms. The summed E-state index contributed by atoms with van der Waals surface area (Å²) in [7, 11) is 3.09. The Balaban J connectivity index is 1.79. The van der Waals surface area contributed by atoms with Gasteiger partial charge in [0.05, 0.1) is 25.7 Å². The molecule has 0 unspecified atom stereocenters. The summed E-state index contributed by atoms with van der Waals surface area (Å²) >= 11 is 1.25. The van der Waals surface area contributed by atoms with Gasteiger partial charge in [-0.25, -0.2) is 0 Å². The first kappa shape index (κ1) is 19.7. The molecule has 0 saturated carbocycles. The van der Waals surface area contributed by atoms with Crippen molar-refractivity contribution >= 4 is 35.0 Å². The minimum Gasteiger partial charge on any atom is -0.497 e. The summed E-state index contributed by atoms with van der Waals surface area (Å²) < 4.78 is 10.3. The second kappa shape index (κ2) is 9.72. The van der Waals surface area contributed by atoms with Crippen molar-refractivity contribution in [1.29, 1.82) is 0 Å². The Bertz CT molecular complexity index is 758. The van der Waals surface area contributed by atoms with Gasteiger partial charge in [-0.3, -0.25) is 9.59 Å². The largest absolute Gasteiger partial charge is 0.497 e. The molecule has 0 aromatic heterocycles. The lowest BCUT2D eigenvalue weighted by atomic mass is 10.2. The van der Waals surface area contributed by atoms with Crippen molar-refractivity contribution in [2.24, 2.45) is 0 Å². The zero-order valence-corrected chi connectivity index (χ0v) is 15.8. The molecule has 2 aromatic carbocycles. The van der Waals surface area contributed by atoms with Crippen LogP contribution in [-0.4, -0.2) is 37.5 Å². The van der Waals surface area contributed by atoms with Gasteiger partial charge >= 0.3 is 0 Å². The minimum atomic E-state index is -0.200. The highest BCUT2D eigenvalue weighted by atomic mass is 32.2. The molecule has 2 amide bonds. The predicted molar refractivity (Wildman–Crippen MR) is 105 cm³/mol. The van der Waals surface area contributed by atoms with Crippen LogP contribution in [0.1, 0.15) is 5.56 Å². The number of nitrogens with one attached hydrogen (secondary N) is 2. The van der Waals surface area contributed by atoms with Crippen molar-refractivity contribution in [3.63, 3.8) is 0 Å². The molecule has 0 bridgehead atoms. The molecule has 2 rings (SSSR count). The highest BCUT2D eigenvalue weighted by Gasteiger charge is 2.08. The lowest BCUT2D eigenvalue weighted by molar-refractivity contribution is -0.114. The van der Waals surface area contributed by atoms with Gasteiger partial charge < -0.3 is 20.1 Å². The predicted octanol–water partition coefficient (Wildman–Crippen LogP) is 3.32. The van der Waals surface area contributed by atoms with E-state index in [1.54, 1.807) is 32.4 Å². The summed E-state index contributed by atoms with van der Waals surface area (Å²) in [5.74, 6) is 1.20. The minimum absolute atomic E-state index is 0.142. The summed E-state index contributed by atoms with van der Waals surface area (Å²) in [6, 6.07) is 12.7. The number of anilines is 2. The molecule has 0 saturated heterocycles. The molecule has 7 heteroatoms. The van der Waals surface area contributed by atoms with Gasteiger partial charge in [0, 0.05) is 29.6 Å². The van der Waals surface area contributed by atoms with Crippen LogP contribution in [-0.2, 0) is 9.59 Å². The Labute approximate surface area is 157 Å². The number of rotatable bonds is 8. The molecular weight excluding hydrogens is 352 g/mol. The topological polar surface area (TPSA) is 76.7 Å². The second-order valence-corrected chi connectivity index (χ2v) is 6.55. The maximum atomic E-state index is 12.1. The van der Waals surface area contributed by atoms with Gasteiger partial charge in [-0.1, -0.05) is 12.1 Å². The Morgan fingerprint density at radius 1 is 0.885 bits per heavy atom. The van der Waals surface area contributed by atoms with Gasteiger partial charge in [-0.15, -0.1) is 11.8 Å². The molecule has 138 valence electrons. The smallest absolute Gasteiger partial charge is 0.234 e. The van der Waals surface area contributed by atoms with E-state index in [0.717, 1.165) is 11.3 Å². The monoisotopic (exact) mass is 374 g/mol. The summed E-state index contributed by atoms with van der Waals surface area (Å²) in [4.78, 5) is 24.0. The Morgan fingerprint density at radius 2 is 1.46 bits per heavy atom. The van der Waals surface area contributed by atoms with E-state index < -0.39 is 0 Å². The highest BCUT2D eigenvalue weighted by Crippen LogP contribution is 2.25. The van der Waals surface area contributed by atoms with Crippen LogP contribution in [0.4, 0.5) is 11.4 Å². The quantitative estimate of drug-likeness (QED) is 0.741. The van der Waals surface area contributed by atoms with E-state index in [0.29, 0.717) is 17.2 Å². The number of hydrogen-bond donors (Lipinski definition) is 2. The number of aryl methyl sites for hydroxylation is 1. The average Bonchev–Trinajstić information content (AvgIpc) is 2.61. The van der Waals surface area contributed by atoms with Crippen molar-refractivity contribution in [1.82, 2.24) is 0 Å². The van der Waals surface area contributed by atoms with E-state index in [4.69, 9.17) is 9.47 Å². The van der Waals surface area contributed by atoms with Crippen LogP contribution in [0, 0.1) is 6.92 Å². The second-order valence-electron chi connectivity index (χ2n) is 5.56. The SMILES string of the molecule is COc1cc(NC(=O)CSCC(=O)Nc2cccc(C)c2)cc(OC)c1. The number of methoxy groups -OCH3 is 2. The molecule has 0 aliphatic carbocycles. The molecule has 0 atom stereocenters. The lowest BCUT2D eigenvalue weighted by Crippen LogP contribution is -2.18. The number of benzene rings is 2. The van der Waals surface area contributed by atoms with Crippen molar-refractivity contribution in [3.05, 3.63) is 48.0 Å². The van der Waals surface area contributed by atoms with Gasteiger partial charge in [0.25, 0.3) is 0 Å². The molecule has 0 fully saturated rings.